The van der Waals surface area contributed by atoms with Gasteiger partial charge in [0.15, 0.2) is 0 Å². The molecular weight excluding hydrogens is 348 g/mol. The summed E-state index contributed by atoms with van der Waals surface area (Å²) in [4.78, 5) is 3.90. The molecule has 0 radical (unpaired) electrons. The van der Waals surface area contributed by atoms with E-state index in [1.165, 1.54) is 10.4 Å². The predicted molar refractivity (Wildman–Crippen MR) is 91.3 cm³/mol. The quantitative estimate of drug-likeness (QED) is 0.895. The zero-order chi connectivity index (χ0) is 14.7. The number of benzene rings is 1. The van der Waals surface area contributed by atoms with E-state index in [0.717, 1.165) is 36.4 Å². The summed E-state index contributed by atoms with van der Waals surface area (Å²) in [5, 5.41) is 5.58. The van der Waals surface area contributed by atoms with Crippen molar-refractivity contribution in [2.45, 2.75) is 6.04 Å². The van der Waals surface area contributed by atoms with Gasteiger partial charge in [0.2, 0.25) is 0 Å². The second-order valence-electron chi connectivity index (χ2n) is 5.09. The number of piperazine rings is 1. The molecule has 1 fully saturated rings. The van der Waals surface area contributed by atoms with E-state index in [0.29, 0.717) is 0 Å². The fourth-order valence-electron chi connectivity index (χ4n) is 2.84. The molecule has 112 valence electrons. The average molecular weight is 367 g/mol. The SMILES string of the molecule is COc1ccc(Br)cc1C(c1cccs1)N1CCNCC1. The average Bonchev–Trinajstić information content (AvgIpc) is 3.03. The standard InChI is InChI=1S/C16H19BrN2OS/c1-20-14-5-4-12(17)11-13(14)16(15-3-2-10-21-15)19-8-6-18-7-9-19/h2-5,10-11,16,18H,6-9H2,1H3. The van der Waals surface area contributed by atoms with E-state index in [1.807, 2.05) is 23.5 Å². The smallest absolute Gasteiger partial charge is 0.124 e. The molecule has 1 aromatic carbocycles. The van der Waals surface area contributed by atoms with E-state index in [4.69, 9.17) is 4.74 Å². The van der Waals surface area contributed by atoms with Gasteiger partial charge in [0.1, 0.15) is 5.75 Å². The molecule has 3 nitrogen and oxygen atoms in total. The highest BCUT2D eigenvalue weighted by atomic mass is 79.9. The molecule has 21 heavy (non-hydrogen) atoms. The van der Waals surface area contributed by atoms with Crippen molar-refractivity contribution in [3.63, 3.8) is 0 Å². The summed E-state index contributed by atoms with van der Waals surface area (Å²) in [6.45, 7) is 4.19. The Kier molecular flexibility index (Phi) is 4.95. The van der Waals surface area contributed by atoms with Crippen LogP contribution in [0.15, 0.2) is 40.2 Å². The maximum absolute atomic E-state index is 5.61. The number of ether oxygens (including phenoxy) is 1. The van der Waals surface area contributed by atoms with Gasteiger partial charge in [0.05, 0.1) is 13.2 Å². The van der Waals surface area contributed by atoms with Gasteiger partial charge in [-0.25, -0.2) is 0 Å². The predicted octanol–water partition coefficient (Wildman–Crippen LogP) is 3.51. The van der Waals surface area contributed by atoms with Crippen molar-refractivity contribution in [3.8, 4) is 5.75 Å². The van der Waals surface area contributed by atoms with E-state index < -0.39 is 0 Å². The van der Waals surface area contributed by atoms with Crippen molar-refractivity contribution in [3.05, 3.63) is 50.6 Å². The summed E-state index contributed by atoms with van der Waals surface area (Å²) in [7, 11) is 1.75. The lowest BCUT2D eigenvalue weighted by Gasteiger charge is -2.35. The lowest BCUT2D eigenvalue weighted by atomic mass is 10.0. The van der Waals surface area contributed by atoms with E-state index in [1.54, 1.807) is 7.11 Å². The van der Waals surface area contributed by atoms with Crippen LogP contribution in [0.25, 0.3) is 0 Å². The van der Waals surface area contributed by atoms with Crippen LogP contribution in [-0.2, 0) is 0 Å². The summed E-state index contributed by atoms with van der Waals surface area (Å²) in [5.41, 5.74) is 1.23. The number of methoxy groups -OCH3 is 1. The molecule has 0 bridgehead atoms. The maximum Gasteiger partial charge on any atom is 0.124 e. The minimum absolute atomic E-state index is 0.263. The van der Waals surface area contributed by atoms with Crippen LogP contribution in [0.3, 0.4) is 0 Å². The molecule has 0 amide bonds. The molecule has 1 aliphatic heterocycles. The van der Waals surface area contributed by atoms with Gasteiger partial charge >= 0.3 is 0 Å². The van der Waals surface area contributed by atoms with Gasteiger partial charge in [-0.2, -0.15) is 0 Å². The Morgan fingerprint density at radius 3 is 2.76 bits per heavy atom. The molecule has 1 N–H and O–H groups in total. The molecule has 1 atom stereocenters. The molecule has 2 heterocycles. The van der Waals surface area contributed by atoms with Crippen LogP contribution in [0, 0.1) is 0 Å². The number of rotatable bonds is 4. The van der Waals surface area contributed by atoms with Crippen LogP contribution >= 0.6 is 27.3 Å². The first-order valence-electron chi connectivity index (χ1n) is 7.11. The third-order valence-electron chi connectivity index (χ3n) is 3.82. The number of hydrogen-bond acceptors (Lipinski definition) is 4. The Morgan fingerprint density at radius 1 is 1.29 bits per heavy atom. The summed E-state index contributed by atoms with van der Waals surface area (Å²) in [5.74, 6) is 0.954. The Labute approximate surface area is 138 Å². The summed E-state index contributed by atoms with van der Waals surface area (Å²) < 4.78 is 6.70. The van der Waals surface area contributed by atoms with E-state index in [9.17, 15) is 0 Å². The molecule has 3 rings (SSSR count). The summed E-state index contributed by atoms with van der Waals surface area (Å²) in [6.07, 6.45) is 0. The molecule has 0 saturated carbocycles. The van der Waals surface area contributed by atoms with Crippen LogP contribution < -0.4 is 10.1 Å². The van der Waals surface area contributed by atoms with Crippen molar-refractivity contribution in [2.75, 3.05) is 33.3 Å². The number of hydrogen-bond donors (Lipinski definition) is 1. The van der Waals surface area contributed by atoms with Crippen molar-refractivity contribution in [1.82, 2.24) is 10.2 Å². The van der Waals surface area contributed by atoms with Crippen molar-refractivity contribution < 1.29 is 4.74 Å². The third-order valence-corrected chi connectivity index (χ3v) is 5.23. The molecule has 1 aliphatic rings. The first kappa shape index (κ1) is 15.0. The molecule has 0 spiro atoms. The number of halogens is 1. The van der Waals surface area contributed by atoms with Crippen LogP contribution in [0.1, 0.15) is 16.5 Å². The van der Waals surface area contributed by atoms with Gasteiger partial charge in [0.25, 0.3) is 0 Å². The maximum atomic E-state index is 5.61. The van der Waals surface area contributed by atoms with Crippen molar-refractivity contribution >= 4 is 27.3 Å². The topological polar surface area (TPSA) is 24.5 Å². The Hall–Kier alpha value is -0.880. The third kappa shape index (κ3) is 3.31. The molecule has 1 unspecified atom stereocenters. The second-order valence-corrected chi connectivity index (χ2v) is 6.99. The van der Waals surface area contributed by atoms with Crippen LogP contribution in [-0.4, -0.2) is 38.2 Å². The molecule has 1 saturated heterocycles. The first-order chi connectivity index (χ1) is 10.3. The molecule has 0 aliphatic carbocycles. The van der Waals surface area contributed by atoms with Gasteiger partial charge in [-0.3, -0.25) is 4.90 Å². The highest BCUT2D eigenvalue weighted by Crippen LogP contribution is 2.38. The normalized spacial score (nSPS) is 17.6. The van der Waals surface area contributed by atoms with Gasteiger partial charge in [0, 0.05) is 41.1 Å². The van der Waals surface area contributed by atoms with Gasteiger partial charge in [-0.1, -0.05) is 22.0 Å². The number of nitrogens with zero attached hydrogens (tertiary/aromatic N) is 1. The summed E-state index contributed by atoms with van der Waals surface area (Å²) in [6, 6.07) is 10.9. The van der Waals surface area contributed by atoms with Gasteiger partial charge in [-0.05, 0) is 29.6 Å². The Balaban J connectivity index is 2.04. The largest absolute Gasteiger partial charge is 0.496 e. The van der Waals surface area contributed by atoms with Gasteiger partial charge in [-0.15, -0.1) is 11.3 Å². The highest BCUT2D eigenvalue weighted by Gasteiger charge is 2.27. The monoisotopic (exact) mass is 366 g/mol. The van der Waals surface area contributed by atoms with Gasteiger partial charge < -0.3 is 10.1 Å². The second kappa shape index (κ2) is 6.92. The number of nitrogens with one attached hydrogen (secondary N) is 1. The Morgan fingerprint density at radius 2 is 2.10 bits per heavy atom. The summed E-state index contributed by atoms with van der Waals surface area (Å²) >= 11 is 5.41. The van der Waals surface area contributed by atoms with Crippen LogP contribution in [0.2, 0.25) is 0 Å². The molecule has 1 aromatic heterocycles. The van der Waals surface area contributed by atoms with Crippen LogP contribution in [0.4, 0.5) is 0 Å². The van der Waals surface area contributed by atoms with Crippen molar-refractivity contribution in [2.24, 2.45) is 0 Å². The van der Waals surface area contributed by atoms with E-state index >= 15 is 0 Å². The van der Waals surface area contributed by atoms with Crippen LogP contribution in [0.5, 0.6) is 5.75 Å². The molecular formula is C16H19BrN2OS. The fraction of sp³-hybridized carbons (Fsp3) is 0.375. The Bertz CT molecular complexity index is 582. The van der Waals surface area contributed by atoms with E-state index in [2.05, 4.69) is 49.7 Å². The molecule has 2 aromatic rings. The minimum atomic E-state index is 0.263. The fourth-order valence-corrected chi connectivity index (χ4v) is 4.09. The van der Waals surface area contributed by atoms with Crippen molar-refractivity contribution in [1.29, 1.82) is 0 Å². The lowest BCUT2D eigenvalue weighted by Crippen LogP contribution is -2.45. The first-order valence-corrected chi connectivity index (χ1v) is 8.78. The van der Waals surface area contributed by atoms with E-state index in [-0.39, 0.29) is 6.04 Å². The number of thiophene rings is 1. The zero-order valence-corrected chi connectivity index (χ0v) is 14.4. The zero-order valence-electron chi connectivity index (χ0n) is 12.0. The lowest BCUT2D eigenvalue weighted by molar-refractivity contribution is 0.197. The minimum Gasteiger partial charge on any atom is -0.496 e. The molecule has 5 heteroatoms. The highest BCUT2D eigenvalue weighted by molar-refractivity contribution is 9.10.